The summed E-state index contributed by atoms with van der Waals surface area (Å²) in [6, 6.07) is 8.12. The molecule has 162 valence electrons. The van der Waals surface area contributed by atoms with Crippen LogP contribution in [-0.2, 0) is 14.4 Å². The molecule has 0 saturated carbocycles. The lowest BCUT2D eigenvalue weighted by Crippen LogP contribution is -2.49. The molecule has 0 spiro atoms. The molecule has 1 heterocycles. The monoisotopic (exact) mass is 527 g/mol. The first kappa shape index (κ1) is 23.1. The van der Waals surface area contributed by atoms with Crippen molar-refractivity contribution in [2.45, 2.75) is 18.4 Å². The predicted octanol–water partition coefficient (Wildman–Crippen LogP) is 3.18. The van der Waals surface area contributed by atoms with Crippen LogP contribution in [0.3, 0.4) is 0 Å². The van der Waals surface area contributed by atoms with Crippen LogP contribution in [0.2, 0.25) is 10.0 Å². The molecule has 31 heavy (non-hydrogen) atoms. The molecule has 2 aromatic carbocycles. The van der Waals surface area contributed by atoms with Crippen LogP contribution >= 0.6 is 39.1 Å². The molecule has 2 aromatic rings. The van der Waals surface area contributed by atoms with Crippen LogP contribution < -0.4 is 16.0 Å². The number of aliphatic carboxylic acids is 1. The molecule has 0 bridgehead atoms. The van der Waals surface area contributed by atoms with E-state index in [0.29, 0.717) is 11.3 Å². The van der Waals surface area contributed by atoms with Crippen LogP contribution in [0.4, 0.5) is 5.69 Å². The molecule has 2 atom stereocenters. The van der Waals surface area contributed by atoms with Crippen LogP contribution in [0.1, 0.15) is 28.3 Å². The molecule has 4 N–H and O–H groups in total. The number of rotatable bonds is 6. The lowest BCUT2D eigenvalue weighted by atomic mass is 9.90. The van der Waals surface area contributed by atoms with Crippen molar-refractivity contribution in [3.63, 3.8) is 0 Å². The van der Waals surface area contributed by atoms with Gasteiger partial charge in [0.05, 0.1) is 21.5 Å². The highest BCUT2D eigenvalue weighted by Gasteiger charge is 2.32. The molecule has 11 heteroatoms. The quantitative estimate of drug-likeness (QED) is 0.458. The summed E-state index contributed by atoms with van der Waals surface area (Å²) in [6.07, 6.45) is -0.0887. The second-order valence-corrected chi connectivity index (χ2v) is 8.47. The Hall–Kier alpha value is -2.62. The summed E-state index contributed by atoms with van der Waals surface area (Å²) in [5.74, 6) is -3.81. The minimum absolute atomic E-state index is 0.0635. The van der Waals surface area contributed by atoms with E-state index in [2.05, 4.69) is 31.9 Å². The van der Waals surface area contributed by atoms with Crippen LogP contribution in [0.15, 0.2) is 40.9 Å². The molecule has 0 radical (unpaired) electrons. The largest absolute Gasteiger partial charge is 0.480 e. The van der Waals surface area contributed by atoms with Crippen LogP contribution in [-0.4, -0.2) is 41.4 Å². The number of benzene rings is 2. The SMILES string of the molecule is O=C1CC(C(=O)NC[C@H](NC(=O)c2c(Cl)cccc2Cl)C(=O)O)c2cc(Br)ccc2N1. The number of halogens is 3. The van der Waals surface area contributed by atoms with Gasteiger partial charge in [-0.15, -0.1) is 0 Å². The van der Waals surface area contributed by atoms with Crippen molar-refractivity contribution in [2.75, 3.05) is 11.9 Å². The highest BCUT2D eigenvalue weighted by atomic mass is 79.9. The predicted molar refractivity (Wildman–Crippen MR) is 118 cm³/mol. The van der Waals surface area contributed by atoms with E-state index in [0.717, 1.165) is 4.47 Å². The van der Waals surface area contributed by atoms with E-state index in [9.17, 15) is 24.3 Å². The van der Waals surface area contributed by atoms with E-state index < -0.39 is 36.3 Å². The zero-order valence-corrected chi connectivity index (χ0v) is 18.8. The first-order chi connectivity index (χ1) is 14.7. The third-order valence-corrected chi connectivity index (χ3v) is 5.77. The third kappa shape index (κ3) is 5.36. The van der Waals surface area contributed by atoms with Crippen molar-refractivity contribution in [1.82, 2.24) is 10.6 Å². The fourth-order valence-electron chi connectivity index (χ4n) is 3.14. The summed E-state index contributed by atoms with van der Waals surface area (Å²) in [5.41, 5.74) is 1.05. The van der Waals surface area contributed by atoms with Gasteiger partial charge in [0.25, 0.3) is 5.91 Å². The number of hydrogen-bond donors (Lipinski definition) is 4. The Morgan fingerprint density at radius 1 is 1.19 bits per heavy atom. The van der Waals surface area contributed by atoms with Crippen molar-refractivity contribution < 1.29 is 24.3 Å². The topological polar surface area (TPSA) is 125 Å². The highest BCUT2D eigenvalue weighted by Crippen LogP contribution is 2.34. The van der Waals surface area contributed by atoms with E-state index in [1.807, 2.05) is 0 Å². The lowest BCUT2D eigenvalue weighted by molar-refractivity contribution is -0.139. The maximum atomic E-state index is 12.8. The Kier molecular flexibility index (Phi) is 7.19. The van der Waals surface area contributed by atoms with Gasteiger partial charge in [-0.05, 0) is 35.9 Å². The molecule has 0 aromatic heterocycles. The number of carboxylic acid groups (broad SMARTS) is 1. The number of anilines is 1. The Labute approximate surface area is 195 Å². The average molecular weight is 529 g/mol. The lowest BCUT2D eigenvalue weighted by Gasteiger charge is -2.26. The maximum absolute atomic E-state index is 12.8. The summed E-state index contributed by atoms with van der Waals surface area (Å²) in [4.78, 5) is 48.8. The fourth-order valence-corrected chi connectivity index (χ4v) is 4.09. The molecule has 8 nitrogen and oxygen atoms in total. The number of hydrogen-bond acceptors (Lipinski definition) is 4. The zero-order chi connectivity index (χ0) is 22.7. The maximum Gasteiger partial charge on any atom is 0.328 e. The normalized spacial score (nSPS) is 16.0. The van der Waals surface area contributed by atoms with Gasteiger partial charge in [-0.2, -0.15) is 0 Å². The van der Waals surface area contributed by atoms with Gasteiger partial charge in [0, 0.05) is 23.1 Å². The minimum atomic E-state index is -1.44. The van der Waals surface area contributed by atoms with Gasteiger partial charge in [0.15, 0.2) is 0 Å². The fraction of sp³-hybridized carbons (Fsp3) is 0.200. The van der Waals surface area contributed by atoms with E-state index in [1.54, 1.807) is 24.3 Å². The molecule has 1 unspecified atom stereocenters. The number of nitrogens with one attached hydrogen (secondary N) is 3. The molecule has 3 amide bonds. The summed E-state index contributed by atoms with van der Waals surface area (Å²) in [5, 5.41) is 17.1. The van der Waals surface area contributed by atoms with Crippen molar-refractivity contribution in [3.05, 3.63) is 62.0 Å². The van der Waals surface area contributed by atoms with Gasteiger partial charge in [-0.25, -0.2) is 4.79 Å². The summed E-state index contributed by atoms with van der Waals surface area (Å²) in [7, 11) is 0. The van der Waals surface area contributed by atoms with Gasteiger partial charge < -0.3 is 21.1 Å². The van der Waals surface area contributed by atoms with Gasteiger partial charge in [0.1, 0.15) is 6.04 Å². The Balaban J connectivity index is 1.72. The molecular formula is C20H16BrCl2N3O5. The van der Waals surface area contributed by atoms with E-state index >= 15 is 0 Å². The minimum Gasteiger partial charge on any atom is -0.480 e. The number of carbonyl (C=O) groups is 4. The van der Waals surface area contributed by atoms with Crippen molar-refractivity contribution in [3.8, 4) is 0 Å². The second kappa shape index (κ2) is 9.67. The number of fused-ring (bicyclic) bond motifs is 1. The molecular weight excluding hydrogens is 513 g/mol. The summed E-state index contributed by atoms with van der Waals surface area (Å²) in [6.45, 7) is -0.399. The van der Waals surface area contributed by atoms with Crippen LogP contribution in [0, 0.1) is 0 Å². The number of carboxylic acids is 1. The molecule has 3 rings (SSSR count). The molecule has 0 aliphatic carbocycles. The number of amides is 3. The third-order valence-electron chi connectivity index (χ3n) is 4.64. The summed E-state index contributed by atoms with van der Waals surface area (Å²) >= 11 is 15.3. The Morgan fingerprint density at radius 3 is 2.52 bits per heavy atom. The first-order valence-corrected chi connectivity index (χ1v) is 10.6. The number of carbonyl (C=O) groups excluding carboxylic acids is 3. The van der Waals surface area contributed by atoms with Crippen molar-refractivity contribution in [1.29, 1.82) is 0 Å². The zero-order valence-electron chi connectivity index (χ0n) is 15.7. The standard InChI is InChI=1S/C20H16BrCl2N3O5/c21-9-4-5-14-10(6-9)11(7-16(27)25-14)18(28)24-8-15(20(30)31)26-19(29)17-12(22)2-1-3-13(17)23/h1-6,11,15H,7-8H2,(H,24,28)(H,25,27)(H,26,29)(H,30,31)/t11?,15-/m0/s1. The van der Waals surface area contributed by atoms with Crippen molar-refractivity contribution in [2.24, 2.45) is 0 Å². The highest BCUT2D eigenvalue weighted by molar-refractivity contribution is 9.10. The Bertz CT molecular complexity index is 1060. The molecule has 1 aliphatic rings. The van der Waals surface area contributed by atoms with E-state index in [4.69, 9.17) is 23.2 Å². The Morgan fingerprint density at radius 2 is 1.87 bits per heavy atom. The second-order valence-electron chi connectivity index (χ2n) is 6.74. The summed E-state index contributed by atoms with van der Waals surface area (Å²) < 4.78 is 0.729. The van der Waals surface area contributed by atoms with Crippen molar-refractivity contribution >= 4 is 68.5 Å². The van der Waals surface area contributed by atoms with Gasteiger partial charge >= 0.3 is 5.97 Å². The average Bonchev–Trinajstić information content (AvgIpc) is 2.70. The molecule has 1 aliphatic heterocycles. The van der Waals surface area contributed by atoms with Gasteiger partial charge in [0.2, 0.25) is 11.8 Å². The van der Waals surface area contributed by atoms with Crippen LogP contribution in [0.25, 0.3) is 0 Å². The van der Waals surface area contributed by atoms with E-state index in [-0.39, 0.29) is 27.9 Å². The van der Waals surface area contributed by atoms with Gasteiger partial charge in [-0.3, -0.25) is 14.4 Å². The van der Waals surface area contributed by atoms with E-state index in [1.165, 1.54) is 12.1 Å². The molecule has 0 saturated heterocycles. The smallest absolute Gasteiger partial charge is 0.328 e. The molecule has 0 fully saturated rings. The van der Waals surface area contributed by atoms with Gasteiger partial charge in [-0.1, -0.05) is 45.2 Å². The first-order valence-electron chi connectivity index (χ1n) is 9.02. The van der Waals surface area contributed by atoms with Crippen LogP contribution in [0.5, 0.6) is 0 Å².